The van der Waals surface area contributed by atoms with Gasteiger partial charge in [-0.05, 0) is 24.3 Å². The highest BCUT2D eigenvalue weighted by Gasteiger charge is 2.17. The number of aromatic nitrogens is 8. The second kappa shape index (κ2) is 6.35. The Morgan fingerprint density at radius 2 is 1.83 bits per heavy atom. The number of para-hydroxylation sites is 1. The Bertz CT molecular complexity index is 1510. The van der Waals surface area contributed by atoms with E-state index in [-0.39, 0.29) is 0 Å². The fourth-order valence-corrected chi connectivity index (χ4v) is 3.68. The quantitative estimate of drug-likeness (QED) is 0.475. The Kier molecular flexibility index (Phi) is 3.51. The lowest BCUT2D eigenvalue weighted by molar-refractivity contribution is 0.768. The molecule has 2 N–H and O–H groups in total. The zero-order valence-corrected chi connectivity index (χ0v) is 16.0. The van der Waals surface area contributed by atoms with Gasteiger partial charge in [-0.1, -0.05) is 18.2 Å². The van der Waals surface area contributed by atoms with Gasteiger partial charge in [0.1, 0.15) is 5.52 Å². The molecule has 0 fully saturated rings. The molecule has 1 aromatic carbocycles. The number of aromatic amines is 2. The van der Waals surface area contributed by atoms with Crippen molar-refractivity contribution in [3.8, 4) is 33.9 Å². The number of aryl methyl sites for hydroxylation is 1. The normalized spacial score (nSPS) is 11.5. The van der Waals surface area contributed by atoms with Crippen molar-refractivity contribution >= 4 is 22.1 Å². The zero-order chi connectivity index (χ0) is 20.1. The fourth-order valence-electron chi connectivity index (χ4n) is 3.68. The number of benzene rings is 1. The minimum Gasteiger partial charge on any atom is -0.336 e. The van der Waals surface area contributed by atoms with Gasteiger partial charge in [0, 0.05) is 42.3 Å². The van der Waals surface area contributed by atoms with Crippen LogP contribution in [0, 0.1) is 0 Å². The summed E-state index contributed by atoms with van der Waals surface area (Å²) in [6.45, 7) is 0. The van der Waals surface area contributed by atoms with Crippen LogP contribution in [0.15, 0.2) is 67.3 Å². The molecule has 0 saturated heterocycles. The van der Waals surface area contributed by atoms with E-state index < -0.39 is 0 Å². The molecular formula is C22H16N8. The molecule has 144 valence electrons. The SMILES string of the molecule is Cn1cc(-c2ccc3[nH]nc(-c4nc5c(-c6cccnc6)cccc5[nH]4)c3n2)cn1. The molecule has 8 nitrogen and oxygen atoms in total. The molecule has 0 spiro atoms. The molecule has 0 amide bonds. The van der Waals surface area contributed by atoms with E-state index >= 15 is 0 Å². The molecule has 6 aromatic rings. The van der Waals surface area contributed by atoms with Crippen LogP contribution in [0.4, 0.5) is 0 Å². The standard InChI is InChI=1S/C22H16N8/c1-30-12-14(11-24-30)16-7-8-18-20(25-16)21(29-28-18)22-26-17-6-2-5-15(19(17)27-22)13-4-3-9-23-10-13/h2-12H,1H3,(H,26,27)(H,28,29). The number of rotatable bonds is 3. The van der Waals surface area contributed by atoms with Crippen LogP contribution in [-0.4, -0.2) is 39.9 Å². The summed E-state index contributed by atoms with van der Waals surface area (Å²) in [7, 11) is 1.89. The third-order valence-corrected chi connectivity index (χ3v) is 5.12. The molecular weight excluding hydrogens is 376 g/mol. The monoisotopic (exact) mass is 392 g/mol. The second-order valence-corrected chi connectivity index (χ2v) is 7.10. The van der Waals surface area contributed by atoms with Crippen molar-refractivity contribution < 1.29 is 0 Å². The predicted octanol–water partition coefficient (Wildman–Crippen LogP) is 3.96. The highest BCUT2D eigenvalue weighted by atomic mass is 15.2. The zero-order valence-electron chi connectivity index (χ0n) is 16.0. The molecule has 0 saturated carbocycles. The van der Waals surface area contributed by atoms with Crippen molar-refractivity contribution in [2.45, 2.75) is 0 Å². The first-order chi connectivity index (χ1) is 14.8. The molecule has 0 unspecified atom stereocenters. The molecule has 0 aliphatic heterocycles. The Balaban J connectivity index is 1.52. The van der Waals surface area contributed by atoms with E-state index in [1.54, 1.807) is 17.1 Å². The number of H-pyrrole nitrogens is 2. The minimum atomic E-state index is 0.670. The van der Waals surface area contributed by atoms with E-state index in [0.29, 0.717) is 11.5 Å². The van der Waals surface area contributed by atoms with Gasteiger partial charge in [0.15, 0.2) is 11.5 Å². The maximum absolute atomic E-state index is 4.87. The van der Waals surface area contributed by atoms with Crippen LogP contribution in [0.1, 0.15) is 0 Å². The summed E-state index contributed by atoms with van der Waals surface area (Å²) in [5, 5.41) is 11.8. The molecule has 8 heteroatoms. The first-order valence-corrected chi connectivity index (χ1v) is 9.50. The lowest BCUT2D eigenvalue weighted by atomic mass is 10.1. The number of hydrogen-bond acceptors (Lipinski definition) is 5. The maximum atomic E-state index is 4.87. The van der Waals surface area contributed by atoms with Crippen molar-refractivity contribution in [1.29, 1.82) is 0 Å². The van der Waals surface area contributed by atoms with Gasteiger partial charge in [0.25, 0.3) is 0 Å². The average Bonchev–Trinajstić information content (AvgIpc) is 3.50. The largest absolute Gasteiger partial charge is 0.336 e. The van der Waals surface area contributed by atoms with Crippen LogP contribution in [-0.2, 0) is 7.05 Å². The van der Waals surface area contributed by atoms with Crippen LogP contribution in [0.5, 0.6) is 0 Å². The summed E-state index contributed by atoms with van der Waals surface area (Å²) in [6.07, 6.45) is 7.35. The van der Waals surface area contributed by atoms with Crippen LogP contribution in [0.3, 0.4) is 0 Å². The van der Waals surface area contributed by atoms with Crippen LogP contribution < -0.4 is 0 Å². The summed E-state index contributed by atoms with van der Waals surface area (Å²) in [5.41, 5.74) is 7.94. The van der Waals surface area contributed by atoms with Gasteiger partial charge in [-0.3, -0.25) is 14.8 Å². The summed E-state index contributed by atoms with van der Waals surface area (Å²) in [5.74, 6) is 0.670. The van der Waals surface area contributed by atoms with Crippen molar-refractivity contribution in [3.63, 3.8) is 0 Å². The summed E-state index contributed by atoms with van der Waals surface area (Å²) in [4.78, 5) is 17.3. The molecule has 5 aromatic heterocycles. The second-order valence-electron chi connectivity index (χ2n) is 7.10. The molecule has 0 radical (unpaired) electrons. The van der Waals surface area contributed by atoms with Crippen molar-refractivity contribution in [1.82, 2.24) is 39.9 Å². The minimum absolute atomic E-state index is 0.670. The van der Waals surface area contributed by atoms with Gasteiger partial charge in [-0.25, -0.2) is 9.97 Å². The Labute approximate surface area is 170 Å². The highest BCUT2D eigenvalue weighted by molar-refractivity contribution is 5.96. The van der Waals surface area contributed by atoms with Gasteiger partial charge in [-0.15, -0.1) is 0 Å². The lowest BCUT2D eigenvalue weighted by Gasteiger charge is -2.00. The molecule has 0 aliphatic rings. The highest BCUT2D eigenvalue weighted by Crippen LogP contribution is 2.31. The van der Waals surface area contributed by atoms with Crippen LogP contribution >= 0.6 is 0 Å². The molecule has 30 heavy (non-hydrogen) atoms. The summed E-state index contributed by atoms with van der Waals surface area (Å²) in [6, 6.07) is 14.0. The van der Waals surface area contributed by atoms with Gasteiger partial charge in [-0.2, -0.15) is 10.2 Å². The summed E-state index contributed by atoms with van der Waals surface area (Å²) < 4.78 is 1.76. The van der Waals surface area contributed by atoms with Crippen molar-refractivity contribution in [3.05, 3.63) is 67.3 Å². The Morgan fingerprint density at radius 1 is 0.867 bits per heavy atom. The van der Waals surface area contributed by atoms with Crippen LogP contribution in [0.25, 0.3) is 56.0 Å². The van der Waals surface area contributed by atoms with E-state index in [4.69, 9.17) is 9.97 Å². The lowest BCUT2D eigenvalue weighted by Crippen LogP contribution is -1.87. The topological polar surface area (TPSA) is 101 Å². The van der Waals surface area contributed by atoms with Crippen LogP contribution in [0.2, 0.25) is 0 Å². The third-order valence-electron chi connectivity index (χ3n) is 5.12. The first-order valence-electron chi connectivity index (χ1n) is 9.50. The van der Waals surface area contributed by atoms with Gasteiger partial charge >= 0.3 is 0 Å². The van der Waals surface area contributed by atoms with E-state index in [2.05, 4.69) is 25.3 Å². The van der Waals surface area contributed by atoms with E-state index in [0.717, 1.165) is 44.5 Å². The average molecular weight is 392 g/mol. The molecule has 0 atom stereocenters. The Morgan fingerprint density at radius 3 is 2.67 bits per heavy atom. The predicted molar refractivity (Wildman–Crippen MR) is 114 cm³/mol. The molecule has 5 heterocycles. The number of pyridine rings is 2. The van der Waals surface area contributed by atoms with Crippen molar-refractivity contribution in [2.75, 3.05) is 0 Å². The number of hydrogen-bond donors (Lipinski definition) is 2. The van der Waals surface area contributed by atoms with Gasteiger partial charge in [0.05, 0.1) is 28.4 Å². The third kappa shape index (κ3) is 2.58. The fraction of sp³-hybridized carbons (Fsp3) is 0.0455. The Hall–Kier alpha value is -4.33. The van der Waals surface area contributed by atoms with E-state index in [1.165, 1.54) is 0 Å². The van der Waals surface area contributed by atoms with E-state index in [9.17, 15) is 0 Å². The maximum Gasteiger partial charge on any atom is 0.161 e. The first kappa shape index (κ1) is 16.6. The molecule has 0 bridgehead atoms. The molecule has 0 aliphatic carbocycles. The van der Waals surface area contributed by atoms with Crippen molar-refractivity contribution in [2.24, 2.45) is 7.05 Å². The number of nitrogens with zero attached hydrogens (tertiary/aromatic N) is 6. The molecule has 6 rings (SSSR count). The number of fused-ring (bicyclic) bond motifs is 2. The summed E-state index contributed by atoms with van der Waals surface area (Å²) >= 11 is 0. The van der Waals surface area contributed by atoms with E-state index in [1.807, 2.05) is 61.9 Å². The van der Waals surface area contributed by atoms with Gasteiger partial charge < -0.3 is 4.98 Å². The number of nitrogens with one attached hydrogen (secondary N) is 2. The van der Waals surface area contributed by atoms with Gasteiger partial charge in [0.2, 0.25) is 0 Å². The number of imidazole rings is 1. The smallest absolute Gasteiger partial charge is 0.161 e.